The van der Waals surface area contributed by atoms with Crippen molar-refractivity contribution in [3.63, 3.8) is 0 Å². The number of para-hydroxylation sites is 1. The van der Waals surface area contributed by atoms with Crippen LogP contribution in [-0.2, 0) is 9.53 Å². The maximum absolute atomic E-state index is 12.1. The van der Waals surface area contributed by atoms with Crippen molar-refractivity contribution in [2.45, 2.75) is 13.0 Å². The molecule has 0 aliphatic carbocycles. The highest BCUT2D eigenvalue weighted by molar-refractivity contribution is 9.11. The predicted octanol–water partition coefficient (Wildman–Crippen LogP) is 4.88. The number of benzene rings is 1. The Kier molecular flexibility index (Phi) is 5.46. The van der Waals surface area contributed by atoms with E-state index in [1.165, 1.54) is 11.3 Å². The van der Waals surface area contributed by atoms with Crippen LogP contribution in [-0.4, -0.2) is 12.6 Å². The number of carbonyl (C=O) groups excluding carboxylic acids is 1. The summed E-state index contributed by atoms with van der Waals surface area (Å²) in [6.45, 7) is 2.13. The molecule has 1 N–H and O–H groups in total. The Bertz CT molecular complexity index is 602. The van der Waals surface area contributed by atoms with Crippen molar-refractivity contribution in [3.05, 3.63) is 50.1 Å². The van der Waals surface area contributed by atoms with E-state index in [1.54, 1.807) is 13.0 Å². The van der Waals surface area contributed by atoms with Crippen LogP contribution in [0.2, 0.25) is 5.02 Å². The monoisotopic (exact) mass is 373 g/mol. The van der Waals surface area contributed by atoms with Gasteiger partial charge in [0.15, 0.2) is 6.04 Å². The van der Waals surface area contributed by atoms with E-state index in [9.17, 15) is 4.79 Å². The molecule has 1 heterocycles. The van der Waals surface area contributed by atoms with Gasteiger partial charge in [-0.15, -0.1) is 11.3 Å². The highest BCUT2D eigenvalue weighted by Crippen LogP contribution is 2.32. The highest BCUT2D eigenvalue weighted by Gasteiger charge is 2.24. The zero-order chi connectivity index (χ0) is 14.5. The van der Waals surface area contributed by atoms with E-state index >= 15 is 0 Å². The Balaban J connectivity index is 2.27. The topological polar surface area (TPSA) is 38.3 Å². The summed E-state index contributed by atoms with van der Waals surface area (Å²) in [5.41, 5.74) is 0.705. The van der Waals surface area contributed by atoms with Gasteiger partial charge in [0.1, 0.15) is 0 Å². The lowest BCUT2D eigenvalue weighted by Gasteiger charge is -2.18. The summed E-state index contributed by atoms with van der Waals surface area (Å²) in [6.07, 6.45) is 0. The lowest BCUT2D eigenvalue weighted by Crippen LogP contribution is -2.22. The van der Waals surface area contributed by atoms with Gasteiger partial charge in [0.2, 0.25) is 0 Å². The fraction of sp³-hybridized carbons (Fsp3) is 0.214. The lowest BCUT2D eigenvalue weighted by atomic mass is 10.2. The molecule has 6 heteroatoms. The van der Waals surface area contributed by atoms with Gasteiger partial charge in [-0.2, -0.15) is 0 Å². The molecule has 1 aromatic heterocycles. The number of thiophene rings is 1. The molecular weight excluding hydrogens is 362 g/mol. The van der Waals surface area contributed by atoms with Crippen LogP contribution < -0.4 is 5.32 Å². The van der Waals surface area contributed by atoms with E-state index in [0.29, 0.717) is 17.3 Å². The largest absolute Gasteiger partial charge is 0.464 e. The third-order valence-electron chi connectivity index (χ3n) is 2.57. The van der Waals surface area contributed by atoms with Gasteiger partial charge in [-0.05, 0) is 47.1 Å². The first-order chi connectivity index (χ1) is 9.61. The van der Waals surface area contributed by atoms with Crippen molar-refractivity contribution in [1.82, 2.24) is 0 Å². The van der Waals surface area contributed by atoms with E-state index in [4.69, 9.17) is 16.3 Å². The van der Waals surface area contributed by atoms with Gasteiger partial charge in [0.25, 0.3) is 0 Å². The molecule has 1 atom stereocenters. The standard InChI is InChI=1S/C14H13BrClNO2S/c1-2-19-14(18)13(11-7-8-12(15)20-11)17-10-6-4-3-5-9(10)16/h3-8,13,17H,2H2,1H3. The normalized spacial score (nSPS) is 11.9. The predicted molar refractivity (Wildman–Crippen MR) is 86.5 cm³/mol. The van der Waals surface area contributed by atoms with E-state index < -0.39 is 6.04 Å². The summed E-state index contributed by atoms with van der Waals surface area (Å²) in [7, 11) is 0. The second-order valence-corrected chi connectivity index (χ2v) is 6.85. The number of hydrogen-bond acceptors (Lipinski definition) is 4. The molecule has 0 spiro atoms. The molecule has 3 nitrogen and oxygen atoms in total. The Morgan fingerprint density at radius 2 is 2.15 bits per heavy atom. The van der Waals surface area contributed by atoms with Gasteiger partial charge in [0, 0.05) is 4.88 Å². The Hall–Kier alpha value is -1.04. The van der Waals surface area contributed by atoms with Crippen molar-refractivity contribution in [1.29, 1.82) is 0 Å². The van der Waals surface area contributed by atoms with Gasteiger partial charge in [0.05, 0.1) is 21.1 Å². The van der Waals surface area contributed by atoms with Crippen molar-refractivity contribution < 1.29 is 9.53 Å². The summed E-state index contributed by atoms with van der Waals surface area (Å²) in [6, 6.07) is 10.5. The number of halogens is 2. The molecule has 1 unspecified atom stereocenters. The van der Waals surface area contributed by atoms with Crippen LogP contribution in [0.5, 0.6) is 0 Å². The molecule has 0 bridgehead atoms. The Morgan fingerprint density at radius 1 is 1.40 bits per heavy atom. The summed E-state index contributed by atoms with van der Waals surface area (Å²) in [5.74, 6) is -0.318. The molecular formula is C14H13BrClNO2S. The van der Waals surface area contributed by atoms with Crippen LogP contribution in [0, 0.1) is 0 Å². The number of hydrogen-bond donors (Lipinski definition) is 1. The van der Waals surface area contributed by atoms with E-state index in [1.807, 2.05) is 30.3 Å². The lowest BCUT2D eigenvalue weighted by molar-refractivity contribution is -0.144. The average molecular weight is 375 g/mol. The minimum Gasteiger partial charge on any atom is -0.464 e. The van der Waals surface area contributed by atoms with E-state index in [2.05, 4.69) is 21.2 Å². The Labute approximate surface area is 135 Å². The third-order valence-corrected chi connectivity index (χ3v) is 4.59. The van der Waals surface area contributed by atoms with Crippen LogP contribution in [0.15, 0.2) is 40.2 Å². The fourth-order valence-electron chi connectivity index (χ4n) is 1.69. The van der Waals surface area contributed by atoms with Gasteiger partial charge in [-0.25, -0.2) is 4.79 Å². The van der Waals surface area contributed by atoms with Crippen molar-refractivity contribution >= 4 is 50.5 Å². The summed E-state index contributed by atoms with van der Waals surface area (Å²) >= 11 is 11.0. The van der Waals surface area contributed by atoms with Crippen LogP contribution >= 0.6 is 38.9 Å². The summed E-state index contributed by atoms with van der Waals surface area (Å²) in [5, 5.41) is 3.71. The number of anilines is 1. The van der Waals surface area contributed by atoms with Gasteiger partial charge < -0.3 is 10.1 Å². The van der Waals surface area contributed by atoms with Gasteiger partial charge in [-0.3, -0.25) is 0 Å². The average Bonchev–Trinajstić information content (AvgIpc) is 2.84. The first-order valence-electron chi connectivity index (χ1n) is 6.04. The van der Waals surface area contributed by atoms with Crippen molar-refractivity contribution in [2.24, 2.45) is 0 Å². The molecule has 1 aromatic carbocycles. The smallest absolute Gasteiger partial charge is 0.334 e. The number of rotatable bonds is 5. The molecule has 0 fully saturated rings. The van der Waals surface area contributed by atoms with Crippen LogP contribution in [0.1, 0.15) is 17.8 Å². The fourth-order valence-corrected chi connectivity index (χ4v) is 3.34. The molecule has 0 amide bonds. The number of carbonyl (C=O) groups is 1. The molecule has 106 valence electrons. The number of esters is 1. The number of nitrogens with one attached hydrogen (secondary N) is 1. The maximum atomic E-state index is 12.1. The molecule has 0 aliphatic heterocycles. The molecule has 2 aromatic rings. The van der Waals surface area contributed by atoms with Crippen LogP contribution in [0.4, 0.5) is 5.69 Å². The summed E-state index contributed by atoms with van der Waals surface area (Å²) in [4.78, 5) is 13.0. The Morgan fingerprint density at radius 3 is 2.75 bits per heavy atom. The first-order valence-corrected chi connectivity index (χ1v) is 8.03. The summed E-state index contributed by atoms with van der Waals surface area (Å²) < 4.78 is 6.09. The molecule has 0 saturated carbocycles. The highest BCUT2D eigenvalue weighted by atomic mass is 79.9. The molecule has 2 rings (SSSR count). The van der Waals surface area contributed by atoms with Crippen molar-refractivity contribution in [3.8, 4) is 0 Å². The zero-order valence-corrected chi connectivity index (χ0v) is 13.9. The molecule has 0 aliphatic rings. The van der Waals surface area contributed by atoms with Gasteiger partial charge >= 0.3 is 5.97 Å². The molecule has 0 radical (unpaired) electrons. The zero-order valence-electron chi connectivity index (χ0n) is 10.7. The quantitative estimate of drug-likeness (QED) is 0.758. The third kappa shape index (κ3) is 3.75. The maximum Gasteiger partial charge on any atom is 0.334 e. The van der Waals surface area contributed by atoms with E-state index in [-0.39, 0.29) is 5.97 Å². The second-order valence-electron chi connectivity index (χ2n) is 3.95. The van der Waals surface area contributed by atoms with Crippen molar-refractivity contribution in [2.75, 3.05) is 11.9 Å². The first kappa shape index (κ1) is 15.4. The van der Waals surface area contributed by atoms with E-state index in [0.717, 1.165) is 8.66 Å². The second kappa shape index (κ2) is 7.11. The molecule has 0 saturated heterocycles. The molecule has 20 heavy (non-hydrogen) atoms. The van der Waals surface area contributed by atoms with Gasteiger partial charge in [-0.1, -0.05) is 23.7 Å². The van der Waals surface area contributed by atoms with Crippen LogP contribution in [0.25, 0.3) is 0 Å². The SMILES string of the molecule is CCOC(=O)C(Nc1ccccc1Cl)c1ccc(Br)s1. The minimum absolute atomic E-state index is 0.318. The number of ether oxygens (including phenoxy) is 1. The van der Waals surface area contributed by atoms with Crippen LogP contribution in [0.3, 0.4) is 0 Å². The minimum atomic E-state index is -0.564.